The van der Waals surface area contributed by atoms with E-state index in [1.165, 1.54) is 18.9 Å². The Morgan fingerprint density at radius 2 is 2.00 bits per heavy atom. The fourth-order valence-corrected chi connectivity index (χ4v) is 4.49. The van der Waals surface area contributed by atoms with Crippen molar-refractivity contribution in [3.63, 3.8) is 0 Å². The topological polar surface area (TPSA) is 81.0 Å². The number of fused-ring (bicyclic) bond motifs is 1. The summed E-state index contributed by atoms with van der Waals surface area (Å²) in [5.41, 5.74) is 5.88. The Kier molecular flexibility index (Phi) is 5.18. The third-order valence-electron chi connectivity index (χ3n) is 5.14. The molecule has 2 fully saturated rings. The van der Waals surface area contributed by atoms with Crippen LogP contribution in [0.15, 0.2) is 16.9 Å². The molecule has 3 N–H and O–H groups in total. The average Bonchev–Trinajstić information content (AvgIpc) is 3.43. The molecule has 0 bridgehead atoms. The Morgan fingerprint density at radius 3 is 2.73 bits per heavy atom. The summed E-state index contributed by atoms with van der Waals surface area (Å²) in [4.78, 5) is 19.5. The molecule has 140 valence electrons. The zero-order valence-corrected chi connectivity index (χ0v) is 15.5. The molecular weight excluding hydrogens is 353 g/mol. The monoisotopic (exact) mass is 377 g/mol. The standard InChI is InChI=1S/C19H24FN3O2S/c20-15-7-13(25-9-11-1-2-11)8-16-18(15)19(24)23-17(22-16)10-26-14-5-3-12(21)4-6-14/h7-8,11-12,14H,1-6,9-10,21H2,(H,22,23,24). The molecule has 2 aliphatic rings. The maximum absolute atomic E-state index is 14.3. The van der Waals surface area contributed by atoms with Gasteiger partial charge in [0.1, 0.15) is 22.8 Å². The number of H-pyrrole nitrogens is 1. The highest BCUT2D eigenvalue weighted by molar-refractivity contribution is 7.99. The molecule has 2 aromatic rings. The van der Waals surface area contributed by atoms with Crippen molar-refractivity contribution >= 4 is 22.7 Å². The first-order chi connectivity index (χ1) is 12.6. The minimum Gasteiger partial charge on any atom is -0.493 e. The van der Waals surface area contributed by atoms with Gasteiger partial charge in [-0.1, -0.05) is 0 Å². The van der Waals surface area contributed by atoms with E-state index in [4.69, 9.17) is 10.5 Å². The van der Waals surface area contributed by atoms with E-state index in [1.807, 2.05) is 0 Å². The number of hydrogen-bond acceptors (Lipinski definition) is 5. The molecule has 0 radical (unpaired) electrons. The van der Waals surface area contributed by atoms with Crippen molar-refractivity contribution in [1.29, 1.82) is 0 Å². The van der Waals surface area contributed by atoms with Crippen LogP contribution in [0.2, 0.25) is 0 Å². The van der Waals surface area contributed by atoms with Gasteiger partial charge in [0.05, 0.1) is 17.9 Å². The lowest BCUT2D eigenvalue weighted by Crippen LogP contribution is -2.27. The second-order valence-corrected chi connectivity index (χ2v) is 8.70. The molecule has 26 heavy (non-hydrogen) atoms. The van der Waals surface area contributed by atoms with Gasteiger partial charge in [0.2, 0.25) is 0 Å². The van der Waals surface area contributed by atoms with E-state index in [1.54, 1.807) is 17.8 Å². The van der Waals surface area contributed by atoms with Gasteiger partial charge < -0.3 is 15.5 Å². The summed E-state index contributed by atoms with van der Waals surface area (Å²) in [7, 11) is 0. The summed E-state index contributed by atoms with van der Waals surface area (Å²) in [5, 5.41) is 0.543. The molecule has 0 aliphatic heterocycles. The van der Waals surface area contributed by atoms with Gasteiger partial charge in [0.15, 0.2) is 0 Å². The Balaban J connectivity index is 1.50. The smallest absolute Gasteiger partial charge is 0.261 e. The number of nitrogens with zero attached hydrogens (tertiary/aromatic N) is 1. The molecular formula is C19H24FN3O2S. The maximum Gasteiger partial charge on any atom is 0.261 e. The maximum atomic E-state index is 14.3. The van der Waals surface area contributed by atoms with Crippen molar-refractivity contribution in [2.75, 3.05) is 6.61 Å². The number of nitrogens with one attached hydrogen (secondary N) is 1. The Morgan fingerprint density at radius 1 is 1.23 bits per heavy atom. The molecule has 0 unspecified atom stereocenters. The van der Waals surface area contributed by atoms with Crippen LogP contribution in [0.3, 0.4) is 0 Å². The molecule has 0 atom stereocenters. The van der Waals surface area contributed by atoms with Gasteiger partial charge in [-0.2, -0.15) is 11.8 Å². The zero-order chi connectivity index (χ0) is 18.1. The average molecular weight is 377 g/mol. The van der Waals surface area contributed by atoms with E-state index in [-0.39, 0.29) is 5.39 Å². The summed E-state index contributed by atoms with van der Waals surface area (Å²) in [5.74, 6) is 1.64. The van der Waals surface area contributed by atoms with Gasteiger partial charge in [0.25, 0.3) is 5.56 Å². The van der Waals surface area contributed by atoms with Crippen LogP contribution >= 0.6 is 11.8 Å². The lowest BCUT2D eigenvalue weighted by atomic mass is 9.96. The number of thioether (sulfide) groups is 1. The Labute approximate surface area is 155 Å². The number of benzene rings is 1. The van der Waals surface area contributed by atoms with E-state index >= 15 is 0 Å². The van der Waals surface area contributed by atoms with Crippen molar-refractivity contribution < 1.29 is 9.13 Å². The SMILES string of the molecule is NC1CCC(SCc2nc3cc(OCC4CC4)cc(F)c3c(=O)[nH]2)CC1. The predicted octanol–water partition coefficient (Wildman–Crippen LogP) is 3.35. The number of halogens is 1. The van der Waals surface area contributed by atoms with Gasteiger partial charge in [-0.15, -0.1) is 0 Å². The fourth-order valence-electron chi connectivity index (χ4n) is 3.35. The molecule has 5 nitrogen and oxygen atoms in total. The van der Waals surface area contributed by atoms with Crippen molar-refractivity contribution in [1.82, 2.24) is 9.97 Å². The van der Waals surface area contributed by atoms with Crippen molar-refractivity contribution in [3.05, 3.63) is 34.1 Å². The molecule has 4 rings (SSSR count). The first-order valence-electron chi connectivity index (χ1n) is 9.31. The third kappa shape index (κ3) is 4.20. The minimum absolute atomic E-state index is 0.00108. The van der Waals surface area contributed by atoms with Crippen LogP contribution in [-0.4, -0.2) is 27.9 Å². The molecule has 2 saturated carbocycles. The molecule has 0 amide bonds. The van der Waals surface area contributed by atoms with Gasteiger partial charge in [0, 0.05) is 23.4 Å². The number of aromatic nitrogens is 2. The van der Waals surface area contributed by atoms with Crippen molar-refractivity contribution in [3.8, 4) is 5.75 Å². The number of rotatable bonds is 6. The molecule has 7 heteroatoms. The quantitative estimate of drug-likeness (QED) is 0.807. The summed E-state index contributed by atoms with van der Waals surface area (Å²) in [6.45, 7) is 0.598. The molecule has 1 heterocycles. The number of ether oxygens (including phenoxy) is 1. The highest BCUT2D eigenvalue weighted by Gasteiger charge is 2.23. The lowest BCUT2D eigenvalue weighted by molar-refractivity contribution is 0.299. The molecule has 1 aromatic carbocycles. The van der Waals surface area contributed by atoms with Crippen LogP contribution < -0.4 is 16.0 Å². The summed E-state index contributed by atoms with van der Waals surface area (Å²) in [6, 6.07) is 3.27. The van der Waals surface area contributed by atoms with Crippen LogP contribution in [0.1, 0.15) is 44.3 Å². The second-order valence-electron chi connectivity index (χ2n) is 7.41. The normalized spacial score (nSPS) is 23.3. The molecule has 0 saturated heterocycles. The highest BCUT2D eigenvalue weighted by atomic mass is 32.2. The predicted molar refractivity (Wildman–Crippen MR) is 102 cm³/mol. The number of nitrogens with two attached hydrogens (primary N) is 1. The van der Waals surface area contributed by atoms with Crippen LogP contribution in [0.25, 0.3) is 10.9 Å². The van der Waals surface area contributed by atoms with Gasteiger partial charge in [-0.3, -0.25) is 4.79 Å². The molecule has 2 aliphatic carbocycles. The van der Waals surface area contributed by atoms with Crippen LogP contribution in [0.4, 0.5) is 4.39 Å². The summed E-state index contributed by atoms with van der Waals surface area (Å²) < 4.78 is 20.0. The van der Waals surface area contributed by atoms with E-state index in [0.717, 1.165) is 25.7 Å². The van der Waals surface area contributed by atoms with Gasteiger partial charge in [-0.05, 0) is 44.4 Å². The first-order valence-corrected chi connectivity index (χ1v) is 10.4. The Bertz CT molecular complexity index is 845. The largest absolute Gasteiger partial charge is 0.493 e. The van der Waals surface area contributed by atoms with Crippen LogP contribution in [-0.2, 0) is 5.75 Å². The third-order valence-corrected chi connectivity index (χ3v) is 6.52. The van der Waals surface area contributed by atoms with E-state index in [2.05, 4.69) is 9.97 Å². The Hall–Kier alpha value is -1.60. The molecule has 0 spiro atoms. The number of hydrogen-bond donors (Lipinski definition) is 2. The number of aromatic amines is 1. The second kappa shape index (κ2) is 7.56. The van der Waals surface area contributed by atoms with Gasteiger partial charge in [-0.25, -0.2) is 9.37 Å². The lowest BCUT2D eigenvalue weighted by Gasteiger charge is -2.25. The summed E-state index contributed by atoms with van der Waals surface area (Å²) >= 11 is 1.79. The van der Waals surface area contributed by atoms with Crippen LogP contribution in [0.5, 0.6) is 5.75 Å². The van der Waals surface area contributed by atoms with Crippen molar-refractivity contribution in [2.24, 2.45) is 11.7 Å². The molecule has 1 aromatic heterocycles. The van der Waals surface area contributed by atoms with E-state index < -0.39 is 11.4 Å². The zero-order valence-electron chi connectivity index (χ0n) is 14.7. The highest BCUT2D eigenvalue weighted by Crippen LogP contribution is 2.31. The van der Waals surface area contributed by atoms with E-state index in [9.17, 15) is 9.18 Å². The van der Waals surface area contributed by atoms with Crippen LogP contribution in [0, 0.1) is 11.7 Å². The minimum atomic E-state index is -0.581. The van der Waals surface area contributed by atoms with Crippen molar-refractivity contribution in [2.45, 2.75) is 55.6 Å². The van der Waals surface area contributed by atoms with Gasteiger partial charge >= 0.3 is 0 Å². The first kappa shape index (κ1) is 17.8. The fraction of sp³-hybridized carbons (Fsp3) is 0.579. The van der Waals surface area contributed by atoms with E-state index in [0.29, 0.717) is 46.7 Å². The summed E-state index contributed by atoms with van der Waals surface area (Å²) in [6.07, 6.45) is 6.62.